The molecule has 1 saturated heterocycles. The number of nitrogens with zero attached hydrogens (tertiary/aromatic N) is 3. The first kappa shape index (κ1) is 18.9. The number of carbonyl (C=O) groups is 1. The maximum Gasteiger partial charge on any atom is 0.471 e. The van der Waals surface area contributed by atoms with Crippen LogP contribution in [0.2, 0.25) is 0 Å². The molecule has 1 aliphatic carbocycles. The van der Waals surface area contributed by atoms with Crippen LogP contribution < -0.4 is 5.32 Å². The van der Waals surface area contributed by atoms with E-state index >= 15 is 0 Å². The van der Waals surface area contributed by atoms with Gasteiger partial charge in [-0.25, -0.2) is 0 Å². The van der Waals surface area contributed by atoms with Crippen molar-refractivity contribution in [3.8, 4) is 11.4 Å². The van der Waals surface area contributed by atoms with E-state index in [1.54, 1.807) is 0 Å². The number of amides is 1. The highest BCUT2D eigenvalue weighted by Gasteiger charge is 2.42. The average molecular weight is 394 g/mol. The van der Waals surface area contributed by atoms with E-state index in [9.17, 15) is 18.0 Å². The number of rotatable bonds is 5. The molecule has 4 rings (SSSR count). The number of likely N-dealkylation sites (tertiary alicyclic amines) is 1. The van der Waals surface area contributed by atoms with Crippen LogP contribution in [0, 0.1) is 5.92 Å². The van der Waals surface area contributed by atoms with Gasteiger partial charge in [0.15, 0.2) is 0 Å². The molecule has 2 unspecified atom stereocenters. The van der Waals surface area contributed by atoms with Gasteiger partial charge < -0.3 is 9.84 Å². The summed E-state index contributed by atoms with van der Waals surface area (Å²) in [5.74, 6) is -0.949. The molecule has 6 nitrogen and oxygen atoms in total. The normalized spacial score (nSPS) is 23.1. The average Bonchev–Trinajstić information content (AvgIpc) is 3.26. The first-order valence-corrected chi connectivity index (χ1v) is 9.37. The summed E-state index contributed by atoms with van der Waals surface area (Å²) in [7, 11) is 0. The van der Waals surface area contributed by atoms with Gasteiger partial charge in [0, 0.05) is 36.3 Å². The minimum atomic E-state index is -4.68. The largest absolute Gasteiger partial charge is 0.471 e. The van der Waals surface area contributed by atoms with E-state index in [-0.39, 0.29) is 17.8 Å². The first-order chi connectivity index (χ1) is 13.3. The van der Waals surface area contributed by atoms with Crippen molar-refractivity contribution in [1.29, 1.82) is 0 Å². The number of hydrogen-bond donors (Lipinski definition) is 1. The zero-order valence-corrected chi connectivity index (χ0v) is 15.4. The van der Waals surface area contributed by atoms with Crippen LogP contribution in [0.1, 0.15) is 42.4 Å². The Morgan fingerprint density at radius 2 is 2.07 bits per heavy atom. The van der Waals surface area contributed by atoms with Crippen LogP contribution in [0.15, 0.2) is 28.8 Å². The van der Waals surface area contributed by atoms with Crippen LogP contribution in [0.5, 0.6) is 0 Å². The fourth-order valence-corrected chi connectivity index (χ4v) is 4.15. The van der Waals surface area contributed by atoms with Crippen molar-refractivity contribution in [2.24, 2.45) is 5.92 Å². The number of fused-ring (bicyclic) bond motifs is 1. The Balaban J connectivity index is 1.34. The number of alkyl halides is 3. The minimum absolute atomic E-state index is 0.0141. The number of aromatic nitrogens is 2. The highest BCUT2D eigenvalue weighted by Crippen LogP contribution is 2.38. The van der Waals surface area contributed by atoms with Crippen LogP contribution in [0.4, 0.5) is 13.2 Å². The Morgan fingerprint density at radius 3 is 2.71 bits per heavy atom. The van der Waals surface area contributed by atoms with E-state index in [0.29, 0.717) is 17.2 Å². The highest BCUT2D eigenvalue weighted by molar-refractivity contribution is 5.94. The van der Waals surface area contributed by atoms with E-state index in [2.05, 4.69) is 24.9 Å². The molecule has 2 fully saturated rings. The lowest BCUT2D eigenvalue weighted by Crippen LogP contribution is -2.57. The number of halogens is 3. The Kier molecular flexibility index (Phi) is 4.86. The standard InChI is InChI=1S/C19H21F3N4O2/c1-11(9-26-10-14-3-2-4-15(14)26)23-17(27)13-7-5-12(6-8-13)16-24-18(28-25-16)19(20,21)22/h5-8,11,14-15H,2-4,9-10H2,1H3,(H,23,27)/t11-,14?,15?/m1/s1. The molecule has 1 N–H and O–H groups in total. The van der Waals surface area contributed by atoms with Gasteiger partial charge in [0.05, 0.1) is 0 Å². The van der Waals surface area contributed by atoms with E-state index in [1.165, 1.54) is 43.5 Å². The summed E-state index contributed by atoms with van der Waals surface area (Å²) >= 11 is 0. The quantitative estimate of drug-likeness (QED) is 0.842. The van der Waals surface area contributed by atoms with Crippen LogP contribution in [-0.4, -0.2) is 46.1 Å². The molecule has 9 heteroatoms. The topological polar surface area (TPSA) is 71.3 Å². The van der Waals surface area contributed by atoms with Gasteiger partial charge in [-0.15, -0.1) is 0 Å². The van der Waals surface area contributed by atoms with E-state index < -0.39 is 12.1 Å². The molecule has 1 aliphatic heterocycles. The SMILES string of the molecule is C[C@H](CN1CC2CCCC21)NC(=O)c1ccc(-c2noc(C(F)(F)F)n2)cc1. The molecule has 1 amide bonds. The molecule has 28 heavy (non-hydrogen) atoms. The third-order valence-electron chi connectivity index (χ3n) is 5.52. The summed E-state index contributed by atoms with van der Waals surface area (Å²) in [6.07, 6.45) is -0.821. The monoisotopic (exact) mass is 394 g/mol. The molecule has 2 heterocycles. The first-order valence-electron chi connectivity index (χ1n) is 9.37. The Bertz CT molecular complexity index is 850. The van der Waals surface area contributed by atoms with Gasteiger partial charge in [0.2, 0.25) is 5.82 Å². The molecule has 1 aromatic carbocycles. The second-order valence-electron chi connectivity index (χ2n) is 7.58. The predicted molar refractivity (Wildman–Crippen MR) is 94.4 cm³/mol. The molecular formula is C19H21F3N4O2. The fraction of sp³-hybridized carbons (Fsp3) is 0.526. The van der Waals surface area contributed by atoms with E-state index in [4.69, 9.17) is 0 Å². The van der Waals surface area contributed by atoms with Gasteiger partial charge in [-0.1, -0.05) is 23.7 Å². The van der Waals surface area contributed by atoms with Crippen molar-refractivity contribution in [2.45, 2.75) is 44.4 Å². The smallest absolute Gasteiger partial charge is 0.348 e. The van der Waals surface area contributed by atoms with Gasteiger partial charge in [-0.05, 0) is 37.8 Å². The van der Waals surface area contributed by atoms with Crippen LogP contribution in [-0.2, 0) is 6.18 Å². The Morgan fingerprint density at radius 1 is 1.32 bits per heavy atom. The number of hydrogen-bond acceptors (Lipinski definition) is 5. The summed E-state index contributed by atoms with van der Waals surface area (Å²) in [6, 6.07) is 6.78. The molecule has 0 bridgehead atoms. The predicted octanol–water partition coefficient (Wildman–Crippen LogP) is 3.36. The summed E-state index contributed by atoms with van der Waals surface area (Å²) in [6.45, 7) is 3.92. The van der Waals surface area contributed by atoms with Crippen molar-refractivity contribution < 1.29 is 22.5 Å². The van der Waals surface area contributed by atoms with E-state index in [1.807, 2.05) is 6.92 Å². The van der Waals surface area contributed by atoms with Crippen molar-refractivity contribution in [2.75, 3.05) is 13.1 Å². The maximum absolute atomic E-state index is 12.5. The zero-order valence-electron chi connectivity index (χ0n) is 15.4. The van der Waals surface area contributed by atoms with E-state index in [0.717, 1.165) is 19.0 Å². The number of nitrogens with one attached hydrogen (secondary N) is 1. The van der Waals surface area contributed by atoms with Gasteiger partial charge in [0.25, 0.3) is 5.91 Å². The molecule has 0 spiro atoms. The summed E-state index contributed by atoms with van der Waals surface area (Å²) in [4.78, 5) is 18.2. The Hall–Kier alpha value is -2.42. The van der Waals surface area contributed by atoms with Crippen LogP contribution >= 0.6 is 0 Å². The molecule has 0 radical (unpaired) electrons. The molecule has 1 saturated carbocycles. The Labute approximate surface area is 160 Å². The number of benzene rings is 1. The zero-order chi connectivity index (χ0) is 19.9. The van der Waals surface area contributed by atoms with Crippen LogP contribution in [0.25, 0.3) is 11.4 Å². The van der Waals surface area contributed by atoms with Crippen molar-refractivity contribution in [1.82, 2.24) is 20.4 Å². The lowest BCUT2D eigenvalue weighted by Gasteiger charge is -2.45. The maximum atomic E-state index is 12.5. The van der Waals surface area contributed by atoms with Crippen molar-refractivity contribution in [3.05, 3.63) is 35.7 Å². The summed E-state index contributed by atoms with van der Waals surface area (Å²) < 4.78 is 41.9. The number of carbonyl (C=O) groups excluding carboxylic acids is 1. The second kappa shape index (κ2) is 7.20. The molecule has 150 valence electrons. The van der Waals surface area contributed by atoms with Crippen molar-refractivity contribution >= 4 is 5.91 Å². The lowest BCUT2D eigenvalue weighted by atomic mass is 9.91. The van der Waals surface area contributed by atoms with Gasteiger partial charge >= 0.3 is 12.1 Å². The summed E-state index contributed by atoms with van der Waals surface area (Å²) in [5, 5.41) is 6.32. The van der Waals surface area contributed by atoms with Gasteiger partial charge in [-0.2, -0.15) is 18.2 Å². The second-order valence-corrected chi connectivity index (χ2v) is 7.58. The van der Waals surface area contributed by atoms with Gasteiger partial charge in [0.1, 0.15) is 0 Å². The molecule has 1 aromatic heterocycles. The molecule has 2 aliphatic rings. The minimum Gasteiger partial charge on any atom is -0.348 e. The molecule has 3 atom stereocenters. The highest BCUT2D eigenvalue weighted by atomic mass is 19.4. The fourth-order valence-electron chi connectivity index (χ4n) is 4.15. The van der Waals surface area contributed by atoms with Crippen LogP contribution in [0.3, 0.4) is 0 Å². The van der Waals surface area contributed by atoms with Crippen molar-refractivity contribution in [3.63, 3.8) is 0 Å². The summed E-state index contributed by atoms with van der Waals surface area (Å²) in [5.41, 5.74) is 0.772. The third kappa shape index (κ3) is 3.76. The molecular weight excluding hydrogens is 373 g/mol. The lowest BCUT2D eigenvalue weighted by molar-refractivity contribution is -0.159. The molecule has 2 aromatic rings. The van der Waals surface area contributed by atoms with Gasteiger partial charge in [-0.3, -0.25) is 9.69 Å². The third-order valence-corrected chi connectivity index (χ3v) is 5.52.